The molecule has 3 nitrogen and oxygen atoms in total. The molecule has 0 bridgehead atoms. The van der Waals surface area contributed by atoms with E-state index in [4.69, 9.17) is 0 Å². The number of carbonyl (C=O) groups is 1. The first kappa shape index (κ1) is 11.0. The molecule has 0 amide bonds. The zero-order valence-corrected chi connectivity index (χ0v) is 9.99. The second-order valence-corrected chi connectivity index (χ2v) is 4.62. The number of aryl methyl sites for hydroxylation is 1. The van der Waals surface area contributed by atoms with Crippen LogP contribution < -0.4 is 0 Å². The zero-order valence-electron chi connectivity index (χ0n) is 9.18. The van der Waals surface area contributed by atoms with E-state index in [0.29, 0.717) is 0 Å². The third kappa shape index (κ3) is 2.33. The Hall–Kier alpha value is -1.55. The molecule has 0 radical (unpaired) electrons. The van der Waals surface area contributed by atoms with Gasteiger partial charge in [0.2, 0.25) is 0 Å². The molecular formula is C12H12N2OS. The van der Waals surface area contributed by atoms with E-state index < -0.39 is 0 Å². The molecule has 0 saturated carbocycles. The average Bonchev–Trinajstić information content (AvgIpc) is 2.64. The number of aromatic nitrogens is 2. The molecular weight excluding hydrogens is 220 g/mol. The van der Waals surface area contributed by atoms with Gasteiger partial charge < -0.3 is 0 Å². The fourth-order valence-electron chi connectivity index (χ4n) is 1.42. The van der Waals surface area contributed by atoms with Gasteiger partial charge in [0.25, 0.3) is 0 Å². The molecule has 2 aromatic rings. The molecule has 1 aromatic carbocycles. The maximum Gasteiger partial charge on any atom is 0.160 e. The highest BCUT2D eigenvalue weighted by Crippen LogP contribution is 2.29. The quantitative estimate of drug-likeness (QED) is 0.763. The summed E-state index contributed by atoms with van der Waals surface area (Å²) >= 11 is 1.56. The van der Waals surface area contributed by atoms with Crippen molar-refractivity contribution >= 4 is 17.5 Å². The molecule has 0 aliphatic heterocycles. The number of Topliss-reactive ketones (excluding diaryl/α,β-unsaturated/α-hetero) is 1. The molecule has 0 unspecified atom stereocenters. The van der Waals surface area contributed by atoms with E-state index in [1.807, 2.05) is 37.5 Å². The molecule has 1 aromatic heterocycles. The van der Waals surface area contributed by atoms with E-state index in [0.717, 1.165) is 15.4 Å². The van der Waals surface area contributed by atoms with Crippen molar-refractivity contribution in [1.29, 1.82) is 0 Å². The molecule has 0 saturated heterocycles. The van der Waals surface area contributed by atoms with Crippen LogP contribution in [0.2, 0.25) is 0 Å². The van der Waals surface area contributed by atoms with Crippen molar-refractivity contribution in [2.45, 2.75) is 16.7 Å². The smallest absolute Gasteiger partial charge is 0.160 e. The summed E-state index contributed by atoms with van der Waals surface area (Å²) in [5, 5.41) is 4.10. The van der Waals surface area contributed by atoms with Crippen LogP contribution >= 0.6 is 11.8 Å². The first-order chi connectivity index (χ1) is 7.66. The topological polar surface area (TPSA) is 34.9 Å². The molecule has 0 N–H and O–H groups in total. The van der Waals surface area contributed by atoms with E-state index in [1.165, 1.54) is 0 Å². The van der Waals surface area contributed by atoms with Gasteiger partial charge in [-0.1, -0.05) is 30.0 Å². The van der Waals surface area contributed by atoms with Crippen LogP contribution in [0.5, 0.6) is 0 Å². The lowest BCUT2D eigenvalue weighted by atomic mass is 10.1. The second kappa shape index (κ2) is 4.53. The Morgan fingerprint density at radius 2 is 2.12 bits per heavy atom. The predicted molar refractivity (Wildman–Crippen MR) is 63.8 cm³/mol. The Kier molecular flexibility index (Phi) is 3.10. The minimum atomic E-state index is 0.0898. The van der Waals surface area contributed by atoms with E-state index in [2.05, 4.69) is 5.10 Å². The Morgan fingerprint density at radius 3 is 2.75 bits per heavy atom. The molecule has 82 valence electrons. The van der Waals surface area contributed by atoms with Crippen molar-refractivity contribution < 1.29 is 4.79 Å². The average molecular weight is 232 g/mol. The van der Waals surface area contributed by atoms with Gasteiger partial charge in [0, 0.05) is 23.7 Å². The first-order valence-corrected chi connectivity index (χ1v) is 5.75. The van der Waals surface area contributed by atoms with Crippen LogP contribution in [0, 0.1) is 0 Å². The largest absolute Gasteiger partial charge is 0.294 e. The summed E-state index contributed by atoms with van der Waals surface area (Å²) in [5.74, 6) is 0.0898. The molecule has 16 heavy (non-hydrogen) atoms. The summed E-state index contributed by atoms with van der Waals surface area (Å²) in [6.07, 6.45) is 3.73. The Balaban J connectivity index is 2.31. The molecule has 0 fully saturated rings. The molecule has 0 atom stereocenters. The molecule has 0 aliphatic rings. The van der Waals surface area contributed by atoms with E-state index in [1.54, 1.807) is 29.6 Å². The highest BCUT2D eigenvalue weighted by Gasteiger charge is 2.08. The van der Waals surface area contributed by atoms with Crippen molar-refractivity contribution in [2.24, 2.45) is 7.05 Å². The lowest BCUT2D eigenvalue weighted by Crippen LogP contribution is -1.93. The lowest BCUT2D eigenvalue weighted by Gasteiger charge is -2.03. The van der Waals surface area contributed by atoms with Gasteiger partial charge in [0.05, 0.1) is 11.1 Å². The third-order valence-electron chi connectivity index (χ3n) is 2.18. The minimum Gasteiger partial charge on any atom is -0.294 e. The number of hydrogen-bond donors (Lipinski definition) is 0. The van der Waals surface area contributed by atoms with E-state index in [-0.39, 0.29) is 5.78 Å². The Morgan fingerprint density at radius 1 is 1.38 bits per heavy atom. The van der Waals surface area contributed by atoms with Crippen molar-refractivity contribution in [1.82, 2.24) is 9.78 Å². The zero-order chi connectivity index (χ0) is 11.5. The summed E-state index contributed by atoms with van der Waals surface area (Å²) in [7, 11) is 1.88. The second-order valence-electron chi connectivity index (χ2n) is 3.50. The van der Waals surface area contributed by atoms with Crippen LogP contribution in [0.15, 0.2) is 46.5 Å². The summed E-state index contributed by atoms with van der Waals surface area (Å²) in [6.45, 7) is 1.59. The van der Waals surface area contributed by atoms with Gasteiger partial charge in [-0.2, -0.15) is 5.10 Å². The van der Waals surface area contributed by atoms with Crippen LogP contribution in [-0.4, -0.2) is 15.6 Å². The number of hydrogen-bond acceptors (Lipinski definition) is 3. The summed E-state index contributed by atoms with van der Waals surface area (Å²) < 4.78 is 1.75. The molecule has 0 spiro atoms. The highest BCUT2D eigenvalue weighted by molar-refractivity contribution is 7.99. The highest BCUT2D eigenvalue weighted by atomic mass is 32.2. The van der Waals surface area contributed by atoms with Crippen LogP contribution in [0.3, 0.4) is 0 Å². The van der Waals surface area contributed by atoms with Crippen LogP contribution in [-0.2, 0) is 7.05 Å². The lowest BCUT2D eigenvalue weighted by molar-refractivity contribution is 0.101. The maximum absolute atomic E-state index is 11.4. The summed E-state index contributed by atoms with van der Waals surface area (Å²) in [4.78, 5) is 13.4. The first-order valence-electron chi connectivity index (χ1n) is 4.93. The van der Waals surface area contributed by atoms with Gasteiger partial charge in [-0.15, -0.1) is 0 Å². The molecule has 2 rings (SSSR count). The number of nitrogens with zero attached hydrogens (tertiary/aromatic N) is 2. The van der Waals surface area contributed by atoms with E-state index in [9.17, 15) is 4.79 Å². The normalized spacial score (nSPS) is 10.4. The monoisotopic (exact) mass is 232 g/mol. The fourth-order valence-corrected chi connectivity index (χ4v) is 2.45. The Bertz CT molecular complexity index is 519. The minimum absolute atomic E-state index is 0.0898. The number of ketones is 1. The molecule has 0 aliphatic carbocycles. The number of rotatable bonds is 3. The SMILES string of the molecule is CC(=O)c1ccccc1Sc1cnn(C)c1. The molecule has 1 heterocycles. The van der Waals surface area contributed by atoms with Crippen LogP contribution in [0.1, 0.15) is 17.3 Å². The van der Waals surface area contributed by atoms with Crippen molar-refractivity contribution in [3.05, 3.63) is 42.2 Å². The number of benzene rings is 1. The maximum atomic E-state index is 11.4. The standard InChI is InChI=1S/C12H12N2OS/c1-9(15)11-5-3-4-6-12(11)16-10-7-13-14(2)8-10/h3-8H,1-2H3. The van der Waals surface area contributed by atoms with E-state index >= 15 is 0 Å². The number of carbonyl (C=O) groups excluding carboxylic acids is 1. The van der Waals surface area contributed by atoms with Gasteiger partial charge in [-0.05, 0) is 13.0 Å². The third-order valence-corrected chi connectivity index (χ3v) is 3.20. The van der Waals surface area contributed by atoms with Crippen molar-refractivity contribution in [3.8, 4) is 0 Å². The van der Waals surface area contributed by atoms with Gasteiger partial charge >= 0.3 is 0 Å². The summed E-state index contributed by atoms with van der Waals surface area (Å²) in [5.41, 5.74) is 0.761. The van der Waals surface area contributed by atoms with Crippen molar-refractivity contribution in [2.75, 3.05) is 0 Å². The van der Waals surface area contributed by atoms with Gasteiger partial charge in [0.1, 0.15) is 0 Å². The Labute approximate surface area is 98.5 Å². The molecule has 4 heteroatoms. The van der Waals surface area contributed by atoms with Gasteiger partial charge in [-0.25, -0.2) is 0 Å². The van der Waals surface area contributed by atoms with Crippen molar-refractivity contribution in [3.63, 3.8) is 0 Å². The van der Waals surface area contributed by atoms with Gasteiger partial charge in [-0.3, -0.25) is 9.48 Å². The summed E-state index contributed by atoms with van der Waals surface area (Å²) in [6, 6.07) is 7.62. The van der Waals surface area contributed by atoms with Crippen LogP contribution in [0.4, 0.5) is 0 Å². The predicted octanol–water partition coefficient (Wildman–Crippen LogP) is 2.77. The fraction of sp³-hybridized carbons (Fsp3) is 0.167. The van der Waals surface area contributed by atoms with Crippen LogP contribution in [0.25, 0.3) is 0 Å². The van der Waals surface area contributed by atoms with Gasteiger partial charge in [0.15, 0.2) is 5.78 Å².